The van der Waals surface area contributed by atoms with E-state index in [1.54, 1.807) is 0 Å². The molecule has 0 unspecified atom stereocenters. The van der Waals surface area contributed by atoms with Crippen LogP contribution < -0.4 is 0 Å². The Morgan fingerprint density at radius 2 is 1.10 bits per heavy atom. The predicted octanol–water partition coefficient (Wildman–Crippen LogP) is 3.81. The fraction of sp³-hybridized carbons (Fsp3) is 0. The third-order valence-corrected chi connectivity index (χ3v) is 4.47. The van der Waals surface area contributed by atoms with Crippen molar-refractivity contribution < 1.29 is 39.6 Å². The first-order chi connectivity index (χ1) is 14.2. The number of carboxylic acid groups (broad SMARTS) is 4. The van der Waals surface area contributed by atoms with Crippen molar-refractivity contribution in [3.8, 4) is 22.3 Å². The first-order valence-corrected chi connectivity index (χ1v) is 8.51. The van der Waals surface area contributed by atoms with Crippen molar-refractivity contribution >= 4 is 23.9 Å². The van der Waals surface area contributed by atoms with Crippen molar-refractivity contribution in [1.29, 1.82) is 0 Å². The zero-order chi connectivity index (χ0) is 22.0. The van der Waals surface area contributed by atoms with Crippen LogP contribution in [0.5, 0.6) is 0 Å². The second-order valence-corrected chi connectivity index (χ2v) is 6.29. The standard InChI is InChI=1S/C22H14O8/c23-19(24)13-5-1-3-11(9-13)15-7-8-16(21(27)28)17(18(15)22(29)30)12-4-2-6-14(10-12)20(25)26/h1-10H,(H,23,24)(H,25,26)(H,27,28)(H,29,30). The molecule has 0 radical (unpaired) electrons. The molecule has 0 atom stereocenters. The van der Waals surface area contributed by atoms with E-state index in [2.05, 4.69) is 0 Å². The van der Waals surface area contributed by atoms with Gasteiger partial charge in [0, 0.05) is 5.56 Å². The lowest BCUT2D eigenvalue weighted by Gasteiger charge is -2.16. The monoisotopic (exact) mass is 406 g/mol. The van der Waals surface area contributed by atoms with Gasteiger partial charge in [0.25, 0.3) is 0 Å². The second-order valence-electron chi connectivity index (χ2n) is 6.29. The summed E-state index contributed by atoms with van der Waals surface area (Å²) in [6.07, 6.45) is 0. The van der Waals surface area contributed by atoms with Gasteiger partial charge in [0.15, 0.2) is 0 Å². The Bertz CT molecular complexity index is 1210. The molecule has 0 aromatic heterocycles. The molecule has 0 saturated heterocycles. The van der Waals surface area contributed by atoms with Crippen LogP contribution in [0.4, 0.5) is 0 Å². The molecular weight excluding hydrogens is 392 g/mol. The van der Waals surface area contributed by atoms with Crippen LogP contribution in [-0.2, 0) is 0 Å². The number of rotatable bonds is 6. The molecule has 0 bridgehead atoms. The van der Waals surface area contributed by atoms with E-state index in [1.807, 2.05) is 0 Å². The third-order valence-electron chi connectivity index (χ3n) is 4.47. The van der Waals surface area contributed by atoms with Crippen molar-refractivity contribution in [2.75, 3.05) is 0 Å². The summed E-state index contributed by atoms with van der Waals surface area (Å²) in [6.45, 7) is 0. The van der Waals surface area contributed by atoms with Crippen LogP contribution in [0.1, 0.15) is 41.4 Å². The van der Waals surface area contributed by atoms with E-state index in [0.717, 1.165) is 0 Å². The molecule has 150 valence electrons. The first-order valence-electron chi connectivity index (χ1n) is 8.51. The predicted molar refractivity (Wildman–Crippen MR) is 105 cm³/mol. The van der Waals surface area contributed by atoms with Gasteiger partial charge in [0.1, 0.15) is 0 Å². The summed E-state index contributed by atoms with van der Waals surface area (Å²) in [5.41, 5.74) is -0.615. The van der Waals surface area contributed by atoms with Crippen molar-refractivity contribution in [1.82, 2.24) is 0 Å². The van der Waals surface area contributed by atoms with Crippen molar-refractivity contribution in [2.45, 2.75) is 0 Å². The Hall–Kier alpha value is -4.46. The van der Waals surface area contributed by atoms with Crippen LogP contribution in [0.25, 0.3) is 22.3 Å². The van der Waals surface area contributed by atoms with Gasteiger partial charge in [0.2, 0.25) is 0 Å². The van der Waals surface area contributed by atoms with Gasteiger partial charge in [-0.15, -0.1) is 0 Å². The average molecular weight is 406 g/mol. The van der Waals surface area contributed by atoms with Gasteiger partial charge in [-0.2, -0.15) is 0 Å². The van der Waals surface area contributed by atoms with Gasteiger partial charge in [-0.25, -0.2) is 19.2 Å². The number of hydrogen-bond donors (Lipinski definition) is 4. The van der Waals surface area contributed by atoms with E-state index in [-0.39, 0.29) is 44.5 Å². The second kappa shape index (κ2) is 7.88. The summed E-state index contributed by atoms with van der Waals surface area (Å²) >= 11 is 0. The average Bonchev–Trinajstić information content (AvgIpc) is 2.72. The number of carbonyl (C=O) groups is 4. The summed E-state index contributed by atoms with van der Waals surface area (Å²) in [6, 6.07) is 13.4. The smallest absolute Gasteiger partial charge is 0.336 e. The van der Waals surface area contributed by atoms with Crippen LogP contribution in [0.15, 0.2) is 60.7 Å². The molecule has 4 N–H and O–H groups in total. The molecule has 0 amide bonds. The van der Waals surface area contributed by atoms with E-state index < -0.39 is 23.9 Å². The summed E-state index contributed by atoms with van der Waals surface area (Å²) in [5.74, 6) is -5.29. The summed E-state index contributed by atoms with van der Waals surface area (Å²) in [7, 11) is 0. The van der Waals surface area contributed by atoms with E-state index in [1.165, 1.54) is 60.7 Å². The molecule has 30 heavy (non-hydrogen) atoms. The fourth-order valence-electron chi connectivity index (χ4n) is 3.17. The molecule has 8 heteroatoms. The SMILES string of the molecule is O=C(O)c1cccc(-c2ccc(C(=O)O)c(-c3cccc(C(=O)O)c3)c2C(=O)O)c1. The summed E-state index contributed by atoms with van der Waals surface area (Å²) in [5, 5.41) is 38.0. The molecule has 0 spiro atoms. The molecule has 3 aromatic carbocycles. The molecule has 0 aliphatic heterocycles. The van der Waals surface area contributed by atoms with Gasteiger partial charge < -0.3 is 20.4 Å². The van der Waals surface area contributed by atoms with Gasteiger partial charge >= 0.3 is 23.9 Å². The fourth-order valence-corrected chi connectivity index (χ4v) is 3.17. The summed E-state index contributed by atoms with van der Waals surface area (Å²) < 4.78 is 0. The van der Waals surface area contributed by atoms with Crippen LogP contribution in [-0.4, -0.2) is 44.3 Å². The highest BCUT2D eigenvalue weighted by Gasteiger charge is 2.25. The highest BCUT2D eigenvalue weighted by Crippen LogP contribution is 2.36. The Balaban J connectivity index is 2.39. The van der Waals surface area contributed by atoms with E-state index in [4.69, 9.17) is 0 Å². The number of aromatic carboxylic acids is 4. The molecule has 0 aliphatic rings. The van der Waals surface area contributed by atoms with Gasteiger partial charge in [-0.3, -0.25) is 0 Å². The number of carboxylic acids is 4. The van der Waals surface area contributed by atoms with E-state index in [0.29, 0.717) is 0 Å². The molecule has 0 fully saturated rings. The molecule has 8 nitrogen and oxygen atoms in total. The van der Waals surface area contributed by atoms with Crippen LogP contribution in [0.3, 0.4) is 0 Å². The first kappa shape index (κ1) is 20.3. The third kappa shape index (κ3) is 3.74. The van der Waals surface area contributed by atoms with Gasteiger partial charge in [-0.05, 0) is 47.0 Å². The number of benzene rings is 3. The Morgan fingerprint density at radius 3 is 1.60 bits per heavy atom. The van der Waals surface area contributed by atoms with Crippen molar-refractivity contribution in [3.63, 3.8) is 0 Å². The minimum Gasteiger partial charge on any atom is -0.478 e. The highest BCUT2D eigenvalue weighted by atomic mass is 16.4. The van der Waals surface area contributed by atoms with Gasteiger partial charge in [0.05, 0.1) is 22.3 Å². The number of hydrogen-bond acceptors (Lipinski definition) is 4. The maximum atomic E-state index is 12.2. The van der Waals surface area contributed by atoms with Crippen LogP contribution in [0.2, 0.25) is 0 Å². The van der Waals surface area contributed by atoms with Crippen LogP contribution in [0, 0.1) is 0 Å². The Kier molecular flexibility index (Phi) is 5.33. The molecular formula is C22H14O8. The zero-order valence-electron chi connectivity index (χ0n) is 15.2. The molecule has 3 rings (SSSR count). The molecule has 0 saturated carbocycles. The molecule has 3 aromatic rings. The van der Waals surface area contributed by atoms with Gasteiger partial charge in [-0.1, -0.05) is 30.3 Å². The lowest BCUT2D eigenvalue weighted by atomic mass is 9.87. The maximum Gasteiger partial charge on any atom is 0.336 e. The molecule has 0 heterocycles. The highest BCUT2D eigenvalue weighted by molar-refractivity contribution is 6.10. The quantitative estimate of drug-likeness (QED) is 0.483. The minimum atomic E-state index is -1.44. The Morgan fingerprint density at radius 1 is 0.567 bits per heavy atom. The molecule has 0 aliphatic carbocycles. The zero-order valence-corrected chi connectivity index (χ0v) is 15.2. The normalized spacial score (nSPS) is 10.4. The maximum absolute atomic E-state index is 12.2. The largest absolute Gasteiger partial charge is 0.478 e. The lowest BCUT2D eigenvalue weighted by Crippen LogP contribution is -2.10. The van der Waals surface area contributed by atoms with E-state index in [9.17, 15) is 39.6 Å². The van der Waals surface area contributed by atoms with Crippen molar-refractivity contribution in [3.05, 3.63) is 82.9 Å². The van der Waals surface area contributed by atoms with E-state index >= 15 is 0 Å². The van der Waals surface area contributed by atoms with Crippen LogP contribution >= 0.6 is 0 Å². The van der Waals surface area contributed by atoms with Crippen molar-refractivity contribution in [2.24, 2.45) is 0 Å². The minimum absolute atomic E-state index is 0.0689. The Labute approximate surface area is 169 Å². The lowest BCUT2D eigenvalue weighted by molar-refractivity contribution is 0.0683. The summed E-state index contributed by atoms with van der Waals surface area (Å²) in [4.78, 5) is 46.6. The topological polar surface area (TPSA) is 149 Å².